The van der Waals surface area contributed by atoms with Gasteiger partial charge >= 0.3 is 0 Å². The highest BCUT2D eigenvalue weighted by molar-refractivity contribution is 7.89. The van der Waals surface area contributed by atoms with Gasteiger partial charge in [0.1, 0.15) is 0 Å². The molecular weight excluding hydrogens is 284 g/mol. The first-order valence-electron chi connectivity index (χ1n) is 6.42. The van der Waals surface area contributed by atoms with E-state index in [-0.39, 0.29) is 12.4 Å². The minimum absolute atomic E-state index is 0. The second-order valence-electron chi connectivity index (χ2n) is 4.48. The van der Waals surface area contributed by atoms with Crippen molar-refractivity contribution in [2.75, 3.05) is 13.1 Å². The molecule has 0 aliphatic heterocycles. The summed E-state index contributed by atoms with van der Waals surface area (Å²) < 4.78 is 26.5. The molecule has 0 aliphatic carbocycles. The number of sulfonamides is 1. The van der Waals surface area contributed by atoms with Gasteiger partial charge in [0, 0.05) is 6.54 Å². The third-order valence-electron chi connectivity index (χ3n) is 2.80. The van der Waals surface area contributed by atoms with Gasteiger partial charge in [-0.25, -0.2) is 13.1 Å². The fraction of sp³-hybridized carbons (Fsp3) is 0.538. The lowest BCUT2D eigenvalue weighted by atomic mass is 10.2. The van der Waals surface area contributed by atoms with E-state index in [1.165, 1.54) is 0 Å². The fourth-order valence-electron chi connectivity index (χ4n) is 1.66. The predicted molar refractivity (Wildman–Crippen MR) is 72.6 cm³/mol. The van der Waals surface area contributed by atoms with Crippen LogP contribution in [-0.4, -0.2) is 21.5 Å². The zero-order valence-electron chi connectivity index (χ0n) is 11.4. The Morgan fingerprint density at radius 2 is 1.63 bits per heavy atom. The van der Waals surface area contributed by atoms with Crippen LogP contribution in [-0.2, 0) is 10.0 Å². The van der Waals surface area contributed by atoms with Gasteiger partial charge in [0.05, 0.1) is 11.4 Å². The molecular formula is C13H23ClN2O2S. The molecule has 0 amide bonds. The van der Waals surface area contributed by atoms with Crippen LogP contribution < -0.4 is 22.9 Å². The summed E-state index contributed by atoms with van der Waals surface area (Å²) in [7, 11) is -3.33. The minimum Gasteiger partial charge on any atom is -1.00 e. The van der Waals surface area contributed by atoms with E-state index in [2.05, 4.69) is 10.5 Å². The third-order valence-corrected chi connectivity index (χ3v) is 4.28. The Morgan fingerprint density at radius 3 is 2.21 bits per heavy atom. The number of halogens is 1. The normalized spacial score (nSPS) is 11.1. The Balaban J connectivity index is 0.00000324. The largest absolute Gasteiger partial charge is 1.00 e. The number of quaternary nitrogens is 1. The Labute approximate surface area is 122 Å². The highest BCUT2D eigenvalue weighted by Gasteiger charge is 2.12. The van der Waals surface area contributed by atoms with Crippen LogP contribution in [0.15, 0.2) is 29.2 Å². The van der Waals surface area contributed by atoms with E-state index in [9.17, 15) is 8.42 Å². The zero-order chi connectivity index (χ0) is 13.4. The van der Waals surface area contributed by atoms with Crippen molar-refractivity contribution in [3.63, 3.8) is 0 Å². The fourth-order valence-corrected chi connectivity index (χ4v) is 2.74. The molecule has 19 heavy (non-hydrogen) atoms. The lowest BCUT2D eigenvalue weighted by molar-refractivity contribution is -0.368. The maximum absolute atomic E-state index is 11.9. The number of hydrogen-bond acceptors (Lipinski definition) is 2. The molecule has 0 fully saturated rings. The van der Waals surface area contributed by atoms with Crippen LogP contribution in [0.4, 0.5) is 0 Å². The van der Waals surface area contributed by atoms with Gasteiger partial charge < -0.3 is 18.1 Å². The molecule has 0 unspecified atom stereocenters. The summed E-state index contributed by atoms with van der Waals surface area (Å²) in [6, 6.07) is 6.90. The Hall–Kier alpha value is -0.620. The molecule has 0 spiro atoms. The summed E-state index contributed by atoms with van der Waals surface area (Å²) in [6.45, 7) is 3.40. The first-order valence-corrected chi connectivity index (χ1v) is 7.90. The van der Waals surface area contributed by atoms with E-state index in [1.54, 1.807) is 12.1 Å². The summed E-state index contributed by atoms with van der Waals surface area (Å²) >= 11 is 0. The van der Waals surface area contributed by atoms with Crippen LogP contribution in [0.1, 0.15) is 31.2 Å². The van der Waals surface area contributed by atoms with Crippen LogP contribution in [0.3, 0.4) is 0 Å². The van der Waals surface area contributed by atoms with Crippen molar-refractivity contribution in [2.24, 2.45) is 0 Å². The average molecular weight is 307 g/mol. The molecule has 0 aromatic heterocycles. The van der Waals surface area contributed by atoms with E-state index < -0.39 is 10.0 Å². The number of benzene rings is 1. The predicted octanol–water partition coefficient (Wildman–Crippen LogP) is -1.92. The van der Waals surface area contributed by atoms with Crippen LogP contribution in [0.25, 0.3) is 0 Å². The molecule has 1 aromatic carbocycles. The lowest BCUT2D eigenvalue weighted by Crippen LogP contribution is -3.00. The van der Waals surface area contributed by atoms with Crippen molar-refractivity contribution < 1.29 is 26.6 Å². The summed E-state index contributed by atoms with van der Waals surface area (Å²) in [4.78, 5) is 0.339. The SMILES string of the molecule is Cc1ccc(S(=O)(=O)NCCCCCC[NH3+])cc1.[Cl-]. The third kappa shape index (κ3) is 6.92. The van der Waals surface area contributed by atoms with Crippen molar-refractivity contribution in [1.82, 2.24) is 4.72 Å². The van der Waals surface area contributed by atoms with E-state index >= 15 is 0 Å². The molecule has 6 heteroatoms. The van der Waals surface area contributed by atoms with E-state index in [1.807, 2.05) is 19.1 Å². The van der Waals surface area contributed by atoms with Crippen molar-refractivity contribution in [3.8, 4) is 0 Å². The second-order valence-corrected chi connectivity index (χ2v) is 6.25. The Morgan fingerprint density at radius 1 is 1.05 bits per heavy atom. The van der Waals surface area contributed by atoms with E-state index in [0.29, 0.717) is 11.4 Å². The van der Waals surface area contributed by atoms with Crippen molar-refractivity contribution in [1.29, 1.82) is 0 Å². The number of nitrogens with one attached hydrogen (secondary N) is 1. The molecule has 1 rings (SSSR count). The lowest BCUT2D eigenvalue weighted by Gasteiger charge is -2.06. The number of aryl methyl sites for hydroxylation is 1. The molecule has 0 aliphatic rings. The smallest absolute Gasteiger partial charge is 0.240 e. The van der Waals surface area contributed by atoms with E-state index in [4.69, 9.17) is 0 Å². The Bertz CT molecular complexity index is 446. The molecule has 0 heterocycles. The standard InChI is InChI=1S/C13H22N2O2S.ClH/c1-12-6-8-13(9-7-12)18(16,17)15-11-5-3-2-4-10-14;/h6-9,15H,2-5,10-11,14H2,1H3;1H. The van der Waals surface area contributed by atoms with Crippen LogP contribution >= 0.6 is 0 Å². The van der Waals surface area contributed by atoms with Gasteiger partial charge in [-0.2, -0.15) is 0 Å². The molecule has 1 aromatic rings. The minimum atomic E-state index is -3.33. The molecule has 0 saturated heterocycles. The molecule has 0 radical (unpaired) electrons. The number of unbranched alkanes of at least 4 members (excludes halogenated alkanes) is 3. The van der Waals surface area contributed by atoms with Gasteiger partial charge in [-0.1, -0.05) is 24.1 Å². The van der Waals surface area contributed by atoms with Crippen molar-refractivity contribution in [3.05, 3.63) is 29.8 Å². The molecule has 4 N–H and O–H groups in total. The maximum Gasteiger partial charge on any atom is 0.240 e. The van der Waals surface area contributed by atoms with Gasteiger partial charge in [-0.3, -0.25) is 0 Å². The van der Waals surface area contributed by atoms with E-state index in [0.717, 1.165) is 37.8 Å². The number of hydrogen-bond donors (Lipinski definition) is 2. The van der Waals surface area contributed by atoms with Gasteiger partial charge in [0.25, 0.3) is 0 Å². The topological polar surface area (TPSA) is 73.8 Å². The average Bonchev–Trinajstić information content (AvgIpc) is 2.34. The quantitative estimate of drug-likeness (QED) is 0.550. The van der Waals surface area contributed by atoms with Gasteiger partial charge in [-0.15, -0.1) is 0 Å². The van der Waals surface area contributed by atoms with Gasteiger partial charge in [-0.05, 0) is 38.3 Å². The van der Waals surface area contributed by atoms with Crippen molar-refractivity contribution in [2.45, 2.75) is 37.5 Å². The van der Waals surface area contributed by atoms with Crippen molar-refractivity contribution >= 4 is 10.0 Å². The number of rotatable bonds is 8. The highest BCUT2D eigenvalue weighted by atomic mass is 35.5. The first-order chi connectivity index (χ1) is 8.56. The van der Waals surface area contributed by atoms with Crippen LogP contribution in [0.5, 0.6) is 0 Å². The van der Waals surface area contributed by atoms with Crippen LogP contribution in [0, 0.1) is 6.92 Å². The first kappa shape index (κ1) is 18.4. The monoisotopic (exact) mass is 306 g/mol. The summed E-state index contributed by atoms with van der Waals surface area (Å²) in [5, 5.41) is 0. The Kier molecular flexibility index (Phi) is 9.01. The van der Waals surface area contributed by atoms with Crippen LogP contribution in [0.2, 0.25) is 0 Å². The van der Waals surface area contributed by atoms with Gasteiger partial charge in [0.15, 0.2) is 0 Å². The van der Waals surface area contributed by atoms with Gasteiger partial charge in [0.2, 0.25) is 10.0 Å². The summed E-state index contributed by atoms with van der Waals surface area (Å²) in [6.07, 6.45) is 4.16. The summed E-state index contributed by atoms with van der Waals surface area (Å²) in [5.41, 5.74) is 4.84. The molecule has 0 saturated carbocycles. The molecule has 0 bridgehead atoms. The maximum atomic E-state index is 11.9. The second kappa shape index (κ2) is 9.31. The zero-order valence-corrected chi connectivity index (χ0v) is 12.9. The highest BCUT2D eigenvalue weighted by Crippen LogP contribution is 2.09. The molecule has 0 atom stereocenters. The molecule has 110 valence electrons. The molecule has 4 nitrogen and oxygen atoms in total. The summed E-state index contributed by atoms with van der Waals surface area (Å²) in [5.74, 6) is 0.